The van der Waals surface area contributed by atoms with Crippen LogP contribution in [-0.4, -0.2) is 113 Å². The number of aliphatic hydroxyl groups is 9. The molecule has 470 valence electrons. The molecule has 6 rings (SSSR count). The summed E-state index contributed by atoms with van der Waals surface area (Å²) in [5.41, 5.74) is 4.91. The highest BCUT2D eigenvalue weighted by atomic mass is 16.5. The minimum atomic E-state index is -0.602. The number of allylic oxidation sites excluding steroid dienone is 6. The number of carbonyl (C=O) groups is 1. The van der Waals surface area contributed by atoms with Crippen molar-refractivity contribution in [1.29, 1.82) is 0 Å². The van der Waals surface area contributed by atoms with Crippen LogP contribution in [0.5, 0.6) is 0 Å². The van der Waals surface area contributed by atoms with Crippen molar-refractivity contribution in [2.75, 3.05) is 0 Å². The van der Waals surface area contributed by atoms with E-state index in [1.165, 1.54) is 47.9 Å². The molecule has 84 heavy (non-hydrogen) atoms. The van der Waals surface area contributed by atoms with Crippen LogP contribution in [0.3, 0.4) is 0 Å². The van der Waals surface area contributed by atoms with Crippen LogP contribution in [0, 0.1) is 42.4 Å². The molecule has 0 heterocycles. The zero-order chi connectivity index (χ0) is 61.1. The van der Waals surface area contributed by atoms with Crippen molar-refractivity contribution in [2.45, 2.75) is 256 Å². The van der Waals surface area contributed by atoms with E-state index in [1.807, 2.05) is 74.5 Å². The average molecular weight is 1170 g/mol. The number of hydrogen-bond acceptors (Lipinski definition) is 11. The fourth-order valence-electron chi connectivity index (χ4n) is 12.5. The average Bonchev–Trinajstić information content (AvgIpc) is 4.14. The maximum Gasteiger partial charge on any atom is 0.306 e. The molecular weight excluding hydrogens is 1050 g/mol. The first kappa shape index (κ1) is 72.2. The van der Waals surface area contributed by atoms with E-state index >= 15 is 0 Å². The van der Waals surface area contributed by atoms with Gasteiger partial charge in [-0.05, 0) is 189 Å². The Labute approximate surface area is 506 Å². The van der Waals surface area contributed by atoms with Gasteiger partial charge in [0.2, 0.25) is 0 Å². The van der Waals surface area contributed by atoms with Crippen molar-refractivity contribution in [3.05, 3.63) is 156 Å². The summed E-state index contributed by atoms with van der Waals surface area (Å²) in [5, 5.41) is 93.0. The SMILES string of the molecule is CCCC/C=C\C[C@@H]1[C@@H](CC[C@@H](O)CCc2ccccc2)[C@H](O)C[C@@H]1O.CCCC/C=C\C[C@@H]1[C@@H](CC[C@@H](O)CCc2ccccc2)[C@H](O)C[C@@H]1O.Cc1cccc(CC[C@H](O)/C=C/[C@@H]2[C@@H](C/C=C\CCCC(=O)OC(C)C)[C@@H](O)C[C@H]2O)c1. The van der Waals surface area contributed by atoms with Gasteiger partial charge in [-0.2, -0.15) is 0 Å². The van der Waals surface area contributed by atoms with Gasteiger partial charge < -0.3 is 50.7 Å². The number of carbonyl (C=O) groups excluding carboxylic acids is 1. The molecule has 11 nitrogen and oxygen atoms in total. The number of rotatable bonds is 34. The van der Waals surface area contributed by atoms with Gasteiger partial charge in [-0.25, -0.2) is 0 Å². The molecule has 3 saturated carbocycles. The van der Waals surface area contributed by atoms with Crippen molar-refractivity contribution in [2.24, 2.45) is 35.5 Å². The molecule has 0 amide bonds. The number of hydrogen-bond donors (Lipinski definition) is 9. The highest BCUT2D eigenvalue weighted by Gasteiger charge is 2.42. The van der Waals surface area contributed by atoms with Gasteiger partial charge in [0.15, 0.2) is 0 Å². The zero-order valence-corrected chi connectivity index (χ0v) is 52.0. The largest absolute Gasteiger partial charge is 0.463 e. The van der Waals surface area contributed by atoms with Crippen molar-refractivity contribution < 1.29 is 55.5 Å². The van der Waals surface area contributed by atoms with Crippen LogP contribution in [-0.2, 0) is 28.8 Å². The Morgan fingerprint density at radius 1 is 0.512 bits per heavy atom. The second-order valence-corrected chi connectivity index (χ2v) is 24.8. The third-order valence-electron chi connectivity index (χ3n) is 17.5. The van der Waals surface area contributed by atoms with Gasteiger partial charge >= 0.3 is 5.97 Å². The van der Waals surface area contributed by atoms with E-state index in [-0.39, 0.29) is 59.8 Å². The van der Waals surface area contributed by atoms with Crippen LogP contribution in [0.2, 0.25) is 0 Å². The molecule has 15 atom stereocenters. The maximum atomic E-state index is 11.6. The fraction of sp³-hybridized carbons (Fsp3) is 0.630. The molecule has 3 fully saturated rings. The van der Waals surface area contributed by atoms with E-state index < -0.39 is 42.7 Å². The van der Waals surface area contributed by atoms with Gasteiger partial charge in [-0.15, -0.1) is 0 Å². The minimum absolute atomic E-state index is 0.0765. The summed E-state index contributed by atoms with van der Waals surface area (Å²) in [7, 11) is 0. The lowest BCUT2D eigenvalue weighted by atomic mass is 9.85. The molecule has 3 aliphatic carbocycles. The second-order valence-electron chi connectivity index (χ2n) is 24.8. The highest BCUT2D eigenvalue weighted by Crippen LogP contribution is 2.40. The van der Waals surface area contributed by atoms with Gasteiger partial charge in [0.1, 0.15) is 0 Å². The van der Waals surface area contributed by atoms with Gasteiger partial charge in [-0.1, -0.05) is 179 Å². The van der Waals surface area contributed by atoms with E-state index in [9.17, 15) is 50.8 Å². The first-order valence-electron chi connectivity index (χ1n) is 32.6. The Morgan fingerprint density at radius 3 is 1.42 bits per heavy atom. The summed E-state index contributed by atoms with van der Waals surface area (Å²) < 4.78 is 5.12. The Morgan fingerprint density at radius 2 is 0.940 bits per heavy atom. The van der Waals surface area contributed by atoms with Gasteiger partial charge in [0, 0.05) is 18.8 Å². The van der Waals surface area contributed by atoms with Gasteiger partial charge in [0.25, 0.3) is 0 Å². The summed E-state index contributed by atoms with van der Waals surface area (Å²) in [4.78, 5) is 11.6. The number of aliphatic hydroxyl groups excluding tert-OH is 9. The maximum absolute atomic E-state index is 11.6. The number of benzene rings is 3. The molecule has 9 N–H and O–H groups in total. The molecule has 0 radical (unpaired) electrons. The van der Waals surface area contributed by atoms with Crippen LogP contribution in [0.15, 0.2) is 134 Å². The van der Waals surface area contributed by atoms with E-state index in [0.717, 1.165) is 83.5 Å². The molecule has 0 unspecified atom stereocenters. The van der Waals surface area contributed by atoms with Crippen LogP contribution in [0.25, 0.3) is 0 Å². The molecular formula is C73H112O11. The predicted molar refractivity (Wildman–Crippen MR) is 341 cm³/mol. The van der Waals surface area contributed by atoms with Gasteiger partial charge in [0.05, 0.1) is 61.0 Å². The number of unbranched alkanes of at least 4 members (excludes halogenated alkanes) is 5. The van der Waals surface area contributed by atoms with Crippen molar-refractivity contribution in [1.82, 2.24) is 0 Å². The van der Waals surface area contributed by atoms with Crippen LogP contribution in [0.4, 0.5) is 0 Å². The lowest BCUT2D eigenvalue weighted by Crippen LogP contribution is -2.23. The predicted octanol–water partition coefficient (Wildman–Crippen LogP) is 12.8. The van der Waals surface area contributed by atoms with E-state index in [0.29, 0.717) is 51.4 Å². The zero-order valence-electron chi connectivity index (χ0n) is 52.0. The Bertz CT molecular complexity index is 2190. The third kappa shape index (κ3) is 28.5. The number of ether oxygens (including phenoxy) is 1. The summed E-state index contributed by atoms with van der Waals surface area (Å²) >= 11 is 0. The molecule has 3 aliphatic rings. The molecule has 11 heteroatoms. The minimum Gasteiger partial charge on any atom is -0.463 e. The summed E-state index contributed by atoms with van der Waals surface area (Å²) in [6.45, 7) is 10.1. The molecule has 0 aromatic heterocycles. The van der Waals surface area contributed by atoms with E-state index in [2.05, 4.69) is 87.5 Å². The molecule has 0 aliphatic heterocycles. The standard InChI is InChI=1S/C27H40O5.2C23H36O3/c1-19(2)32-27(31)12-7-5-4-6-11-23-24(26(30)18-25(23)29)16-15-22(28)14-13-21-10-8-9-20(3)17-21;2*1-2-3-4-5-9-12-20-21(23(26)17-22(20)25)16-15-19(24)14-13-18-10-7-6-8-11-18/h4,6,8-10,15-17,19,22-26,28-30H,5,7,11-14,18H2,1-3H3;2*5-11,19-26H,2-4,12-17H2,1H3/b6-4-,16-15+;2*9-5-/t22-,23+,24+,25-,26+;2*19-,20+,21+,22-,23+/m000/s1. The van der Waals surface area contributed by atoms with E-state index in [1.54, 1.807) is 6.08 Å². The first-order chi connectivity index (χ1) is 40.5. The lowest BCUT2D eigenvalue weighted by Gasteiger charge is -2.23. The number of esters is 1. The summed E-state index contributed by atoms with van der Waals surface area (Å²) in [6.07, 6.45) is 32.2. The molecule has 3 aromatic carbocycles. The van der Waals surface area contributed by atoms with Crippen LogP contribution >= 0.6 is 0 Å². The van der Waals surface area contributed by atoms with Crippen LogP contribution in [0.1, 0.15) is 191 Å². The molecule has 3 aromatic rings. The van der Waals surface area contributed by atoms with Gasteiger partial charge in [-0.3, -0.25) is 4.79 Å². The smallest absolute Gasteiger partial charge is 0.306 e. The monoisotopic (exact) mass is 1160 g/mol. The Kier molecular flexibility index (Phi) is 35.9. The van der Waals surface area contributed by atoms with Crippen molar-refractivity contribution in [3.63, 3.8) is 0 Å². The normalized spacial score (nSPS) is 26.2. The third-order valence-corrected chi connectivity index (χ3v) is 17.5. The van der Waals surface area contributed by atoms with Crippen LogP contribution < -0.4 is 0 Å². The highest BCUT2D eigenvalue weighted by molar-refractivity contribution is 5.69. The lowest BCUT2D eigenvalue weighted by molar-refractivity contribution is -0.147. The van der Waals surface area contributed by atoms with Crippen molar-refractivity contribution in [3.8, 4) is 0 Å². The fourth-order valence-corrected chi connectivity index (χ4v) is 12.5. The Balaban J connectivity index is 0.000000272. The quantitative estimate of drug-likeness (QED) is 0.0156. The summed E-state index contributed by atoms with van der Waals surface area (Å²) in [5.74, 6) is -0.0154. The second kappa shape index (κ2) is 41.8. The Hall–Kier alpha value is -4.27. The van der Waals surface area contributed by atoms with Crippen molar-refractivity contribution >= 4 is 5.97 Å². The summed E-state index contributed by atoms with van der Waals surface area (Å²) in [6, 6.07) is 28.7. The van der Waals surface area contributed by atoms with E-state index in [4.69, 9.17) is 4.74 Å². The molecule has 0 saturated heterocycles. The number of aryl methyl sites for hydroxylation is 4. The topological polar surface area (TPSA) is 208 Å². The molecule has 0 bridgehead atoms. The first-order valence-corrected chi connectivity index (χ1v) is 32.6. The molecule has 0 spiro atoms.